The number of aliphatic hydroxyl groups is 1. The molecule has 0 radical (unpaired) electrons. The zero-order valence-corrected chi connectivity index (χ0v) is 33.6. The molecule has 0 amide bonds. The highest BCUT2D eigenvalue weighted by Crippen LogP contribution is 2.77. The Morgan fingerprint density at radius 1 is 0.694 bits per heavy atom. The van der Waals surface area contributed by atoms with Crippen LogP contribution in [0, 0.1) is 56.7 Å². The van der Waals surface area contributed by atoms with Crippen LogP contribution < -0.4 is 0 Å². The summed E-state index contributed by atoms with van der Waals surface area (Å²) in [7, 11) is 0. The molecule has 5 saturated carbocycles. The van der Waals surface area contributed by atoms with Gasteiger partial charge < -0.3 is 9.84 Å². The summed E-state index contributed by atoms with van der Waals surface area (Å²) in [6.07, 6.45) is 30.2. The molecule has 0 spiro atoms. The summed E-state index contributed by atoms with van der Waals surface area (Å²) in [6, 6.07) is 0. The Kier molecular flexibility index (Phi) is 12.9. The van der Waals surface area contributed by atoms with Gasteiger partial charge in [-0.1, -0.05) is 131 Å². The van der Waals surface area contributed by atoms with E-state index in [2.05, 4.69) is 55.0 Å². The molecule has 10 atom stereocenters. The molecule has 5 rings (SSSR count). The number of aliphatic hydroxyl groups excluding tert-OH is 1. The van der Waals surface area contributed by atoms with Crippen molar-refractivity contribution in [3.05, 3.63) is 12.2 Å². The Bertz CT molecular complexity index is 1110. The van der Waals surface area contributed by atoms with Crippen LogP contribution in [0.1, 0.15) is 203 Å². The van der Waals surface area contributed by atoms with E-state index in [1.165, 1.54) is 134 Å². The first kappa shape index (κ1) is 39.4. The molecule has 0 aromatic rings. The summed E-state index contributed by atoms with van der Waals surface area (Å²) in [5.41, 5.74) is 2.40. The summed E-state index contributed by atoms with van der Waals surface area (Å²) < 4.78 is 6.41. The Hall–Kier alpha value is -0.830. The molecule has 0 heterocycles. The number of carbonyl (C=O) groups is 1. The third-order valence-electron chi connectivity index (χ3n) is 17.3. The second-order valence-electron chi connectivity index (χ2n) is 20.0. The highest BCUT2D eigenvalue weighted by Gasteiger charge is 2.71. The van der Waals surface area contributed by atoms with Crippen molar-refractivity contribution in [1.29, 1.82) is 0 Å². The van der Waals surface area contributed by atoms with E-state index in [9.17, 15) is 9.90 Å². The van der Waals surface area contributed by atoms with Gasteiger partial charge in [-0.25, -0.2) is 0 Å². The standard InChI is InChI=1S/C46H80O3/c1-9-10-11-12-13-14-15-16-17-18-19-20-21-22-40(48)49-39-27-28-43(6)37(42(39,4)5)26-29-45(8)38(43)24-23-36-41-35(34(2)3)25-30-46(41,33-47)32-31-44(36,45)7/h35-39,41,47H,2,9-33H2,1,3-8H3. The molecule has 3 nitrogen and oxygen atoms in total. The predicted molar refractivity (Wildman–Crippen MR) is 206 cm³/mol. The van der Waals surface area contributed by atoms with E-state index in [0.717, 1.165) is 19.3 Å². The van der Waals surface area contributed by atoms with E-state index >= 15 is 0 Å². The average Bonchev–Trinajstić information content (AvgIpc) is 3.45. The average molecular weight is 681 g/mol. The Balaban J connectivity index is 1.12. The van der Waals surface area contributed by atoms with Gasteiger partial charge in [0.2, 0.25) is 0 Å². The first-order valence-corrected chi connectivity index (χ1v) is 21.8. The first-order chi connectivity index (χ1) is 23.3. The van der Waals surface area contributed by atoms with Crippen LogP contribution >= 0.6 is 0 Å². The summed E-state index contributed by atoms with van der Waals surface area (Å²) in [6.45, 7) is 22.3. The molecular formula is C46H80O3. The van der Waals surface area contributed by atoms with Crippen LogP contribution in [0.4, 0.5) is 0 Å². The van der Waals surface area contributed by atoms with Crippen LogP contribution in [0.3, 0.4) is 0 Å². The molecule has 5 fully saturated rings. The largest absolute Gasteiger partial charge is 0.462 e. The smallest absolute Gasteiger partial charge is 0.306 e. The second kappa shape index (κ2) is 16.0. The van der Waals surface area contributed by atoms with Gasteiger partial charge >= 0.3 is 5.97 Å². The fourth-order valence-corrected chi connectivity index (χ4v) is 14.2. The van der Waals surface area contributed by atoms with E-state index in [0.29, 0.717) is 53.4 Å². The van der Waals surface area contributed by atoms with Crippen molar-refractivity contribution in [3.8, 4) is 0 Å². The van der Waals surface area contributed by atoms with Crippen molar-refractivity contribution in [3.63, 3.8) is 0 Å². The maximum absolute atomic E-state index is 13.2. The van der Waals surface area contributed by atoms with Crippen molar-refractivity contribution in [1.82, 2.24) is 0 Å². The van der Waals surface area contributed by atoms with E-state index < -0.39 is 0 Å². The number of unbranched alkanes of at least 4 members (excludes halogenated alkanes) is 12. The van der Waals surface area contributed by atoms with Crippen molar-refractivity contribution >= 4 is 5.97 Å². The van der Waals surface area contributed by atoms with Crippen LogP contribution in [0.15, 0.2) is 12.2 Å². The number of rotatable bonds is 17. The van der Waals surface area contributed by atoms with Gasteiger partial charge in [0.1, 0.15) is 6.10 Å². The number of hydrogen-bond acceptors (Lipinski definition) is 3. The van der Waals surface area contributed by atoms with Crippen LogP contribution in [-0.2, 0) is 9.53 Å². The molecule has 5 aliphatic rings. The van der Waals surface area contributed by atoms with Crippen LogP contribution in [0.25, 0.3) is 0 Å². The number of ether oxygens (including phenoxy) is 1. The lowest BCUT2D eigenvalue weighted by Gasteiger charge is -2.73. The Labute approximate surface area is 304 Å². The summed E-state index contributed by atoms with van der Waals surface area (Å²) in [5, 5.41) is 10.8. The van der Waals surface area contributed by atoms with Gasteiger partial charge in [-0.05, 0) is 129 Å². The van der Waals surface area contributed by atoms with Gasteiger partial charge in [-0.3, -0.25) is 4.79 Å². The fraction of sp³-hybridized carbons (Fsp3) is 0.935. The molecule has 0 saturated heterocycles. The Morgan fingerprint density at radius 2 is 1.31 bits per heavy atom. The fourth-order valence-electron chi connectivity index (χ4n) is 14.2. The minimum atomic E-state index is 0.00680. The molecule has 49 heavy (non-hydrogen) atoms. The number of esters is 1. The quantitative estimate of drug-likeness (QED) is 0.0945. The molecule has 282 valence electrons. The van der Waals surface area contributed by atoms with Crippen LogP contribution in [-0.4, -0.2) is 23.8 Å². The molecule has 5 aliphatic carbocycles. The third-order valence-corrected chi connectivity index (χ3v) is 17.3. The first-order valence-electron chi connectivity index (χ1n) is 21.8. The zero-order valence-electron chi connectivity index (χ0n) is 33.6. The van der Waals surface area contributed by atoms with Crippen molar-refractivity contribution in [2.75, 3.05) is 6.61 Å². The molecule has 0 aliphatic heterocycles. The van der Waals surface area contributed by atoms with Crippen LogP contribution in [0.2, 0.25) is 0 Å². The van der Waals surface area contributed by atoms with E-state index in [4.69, 9.17) is 4.74 Å². The maximum atomic E-state index is 13.2. The minimum absolute atomic E-state index is 0.00680. The SMILES string of the molecule is C=C(C)C1CCC2(CO)CCC3(C)C(CCC4C5(C)CCC(OC(=O)CCCCCCCCCCCCCCC)C(C)(C)C5CCC43C)C12. The number of hydrogen-bond donors (Lipinski definition) is 1. The van der Waals surface area contributed by atoms with Gasteiger partial charge in [-0.2, -0.15) is 0 Å². The molecular weight excluding hydrogens is 601 g/mol. The summed E-state index contributed by atoms with van der Waals surface area (Å²) in [5.74, 6) is 3.22. The van der Waals surface area contributed by atoms with Crippen LogP contribution in [0.5, 0.6) is 0 Å². The molecule has 1 N–H and O–H groups in total. The minimum Gasteiger partial charge on any atom is -0.462 e. The van der Waals surface area contributed by atoms with Gasteiger partial charge in [0, 0.05) is 18.4 Å². The van der Waals surface area contributed by atoms with E-state index in [1.807, 2.05) is 0 Å². The van der Waals surface area contributed by atoms with Crippen molar-refractivity contribution < 1.29 is 14.6 Å². The number of carbonyl (C=O) groups excluding carboxylic acids is 1. The molecule has 10 unspecified atom stereocenters. The Morgan fingerprint density at radius 3 is 1.90 bits per heavy atom. The van der Waals surface area contributed by atoms with Gasteiger partial charge in [-0.15, -0.1) is 0 Å². The molecule has 0 bridgehead atoms. The summed E-state index contributed by atoms with van der Waals surface area (Å²) >= 11 is 0. The van der Waals surface area contributed by atoms with Gasteiger partial charge in [0.15, 0.2) is 0 Å². The molecule has 0 aromatic heterocycles. The predicted octanol–water partition coefficient (Wildman–Crippen LogP) is 13.0. The summed E-state index contributed by atoms with van der Waals surface area (Å²) in [4.78, 5) is 13.2. The topological polar surface area (TPSA) is 46.5 Å². The van der Waals surface area contributed by atoms with Crippen molar-refractivity contribution in [2.24, 2.45) is 56.7 Å². The normalized spacial score (nSPS) is 40.9. The highest BCUT2D eigenvalue weighted by atomic mass is 16.5. The van der Waals surface area contributed by atoms with Crippen molar-refractivity contribution in [2.45, 2.75) is 209 Å². The highest BCUT2D eigenvalue weighted by molar-refractivity contribution is 5.69. The lowest BCUT2D eigenvalue weighted by molar-refractivity contribution is -0.251. The lowest BCUT2D eigenvalue weighted by Crippen LogP contribution is -2.67. The van der Waals surface area contributed by atoms with Gasteiger partial charge in [0.25, 0.3) is 0 Å². The van der Waals surface area contributed by atoms with E-state index in [1.54, 1.807) is 0 Å². The maximum Gasteiger partial charge on any atom is 0.306 e. The molecule has 3 heteroatoms. The second-order valence-corrected chi connectivity index (χ2v) is 20.0. The number of allylic oxidation sites excluding steroid dienone is 1. The van der Waals surface area contributed by atoms with Gasteiger partial charge in [0.05, 0.1) is 0 Å². The lowest BCUT2D eigenvalue weighted by atomic mass is 9.32. The van der Waals surface area contributed by atoms with E-state index in [-0.39, 0.29) is 28.3 Å². The third kappa shape index (κ3) is 7.38. The molecule has 0 aromatic carbocycles. The zero-order chi connectivity index (χ0) is 35.5. The monoisotopic (exact) mass is 681 g/mol. The number of fused-ring (bicyclic) bond motifs is 7.